The van der Waals surface area contributed by atoms with E-state index in [1.807, 2.05) is 46.8 Å². The fraction of sp³-hybridized carbons (Fsp3) is 0.414. The molecule has 3 atom stereocenters. The van der Waals surface area contributed by atoms with E-state index in [9.17, 15) is 9.59 Å². The molecule has 3 heterocycles. The molecule has 0 spiro atoms. The molecule has 2 aromatic carbocycles. The van der Waals surface area contributed by atoms with Crippen molar-refractivity contribution in [2.24, 2.45) is 12.8 Å². The fourth-order valence-electron chi connectivity index (χ4n) is 5.54. The number of benzene rings is 2. The lowest BCUT2D eigenvalue weighted by atomic mass is 9.85. The Labute approximate surface area is 242 Å². The SMILES string of the molecule is COC(=O)[C@H](N)Cc1c(Sc2c(OC)cc(OC)c3c2C[C@@H]2COC(=O)N2[C@@H]3Cc2ccc(OC)cc2)ncn1C. The van der Waals surface area contributed by atoms with Crippen LogP contribution in [0.15, 0.2) is 46.6 Å². The molecule has 3 aromatic rings. The lowest BCUT2D eigenvalue weighted by molar-refractivity contribution is -0.142. The Bertz CT molecular complexity index is 1440. The van der Waals surface area contributed by atoms with Gasteiger partial charge in [0, 0.05) is 25.1 Å². The molecule has 2 N–H and O–H groups in total. The summed E-state index contributed by atoms with van der Waals surface area (Å²) in [6.07, 6.45) is 2.72. The molecule has 0 unspecified atom stereocenters. The van der Waals surface area contributed by atoms with Crippen molar-refractivity contribution in [1.29, 1.82) is 0 Å². The normalized spacial score (nSPS) is 18.3. The zero-order valence-corrected chi connectivity index (χ0v) is 24.5. The molecular formula is C29H34N4O7S. The van der Waals surface area contributed by atoms with Crippen molar-refractivity contribution in [2.75, 3.05) is 35.0 Å². The van der Waals surface area contributed by atoms with Crippen molar-refractivity contribution in [3.8, 4) is 17.2 Å². The Morgan fingerprint density at radius 1 is 1.15 bits per heavy atom. The molecule has 1 aromatic heterocycles. The number of hydrogen-bond acceptors (Lipinski definition) is 10. The molecule has 1 amide bonds. The minimum atomic E-state index is -0.828. The highest BCUT2D eigenvalue weighted by Crippen LogP contribution is 2.51. The first kappa shape index (κ1) is 28.6. The number of aryl methyl sites for hydroxylation is 1. The minimum Gasteiger partial charge on any atom is -0.497 e. The standard InChI is InChI=1S/C29H34N4O7S/c1-32-15-31-27(22(32)12-20(30)28(34)39-5)41-26-19-11-17-14-40-29(35)33(17)21(10-16-6-8-18(36-2)9-7-16)25(19)23(37-3)13-24(26)38-4/h6-9,13,15,17,20-21H,10-12,14,30H2,1-5H3/t17-,20-,21-/m1/s1. The first-order valence-corrected chi connectivity index (χ1v) is 14.0. The van der Waals surface area contributed by atoms with E-state index in [0.29, 0.717) is 36.0 Å². The summed E-state index contributed by atoms with van der Waals surface area (Å²) in [6.45, 7) is 0.295. The topological polar surface area (TPSA) is 127 Å². The Hall–Kier alpha value is -3.90. The van der Waals surface area contributed by atoms with Gasteiger partial charge in [-0.3, -0.25) is 9.69 Å². The third-order valence-electron chi connectivity index (χ3n) is 7.63. The lowest BCUT2D eigenvalue weighted by Crippen LogP contribution is -2.43. The Kier molecular flexibility index (Phi) is 8.32. The second-order valence-corrected chi connectivity index (χ2v) is 11.0. The van der Waals surface area contributed by atoms with Crippen LogP contribution in [0, 0.1) is 0 Å². The van der Waals surface area contributed by atoms with Crippen molar-refractivity contribution in [1.82, 2.24) is 14.5 Å². The number of carbonyl (C=O) groups excluding carboxylic acids is 2. The highest BCUT2D eigenvalue weighted by molar-refractivity contribution is 7.99. The van der Waals surface area contributed by atoms with E-state index in [0.717, 1.165) is 33.0 Å². The van der Waals surface area contributed by atoms with Gasteiger partial charge in [-0.2, -0.15) is 0 Å². The first-order chi connectivity index (χ1) is 19.8. The zero-order chi connectivity index (χ0) is 29.3. The van der Waals surface area contributed by atoms with Crippen molar-refractivity contribution in [3.63, 3.8) is 0 Å². The molecule has 0 radical (unpaired) electrons. The monoisotopic (exact) mass is 582 g/mol. The molecule has 11 nitrogen and oxygen atoms in total. The van der Waals surface area contributed by atoms with Gasteiger partial charge in [-0.15, -0.1) is 0 Å². The van der Waals surface area contributed by atoms with Gasteiger partial charge in [0.1, 0.15) is 34.9 Å². The number of rotatable bonds is 10. The summed E-state index contributed by atoms with van der Waals surface area (Å²) in [5, 5.41) is 0.699. The van der Waals surface area contributed by atoms with E-state index in [-0.39, 0.29) is 24.6 Å². The molecule has 0 bridgehead atoms. The maximum atomic E-state index is 13.0. The number of esters is 1. The van der Waals surface area contributed by atoms with Crippen molar-refractivity contribution in [2.45, 2.75) is 47.3 Å². The van der Waals surface area contributed by atoms with Crippen LogP contribution in [0.4, 0.5) is 4.79 Å². The summed E-state index contributed by atoms with van der Waals surface area (Å²) in [6, 6.07) is 8.37. The van der Waals surface area contributed by atoms with E-state index < -0.39 is 12.0 Å². The number of ether oxygens (including phenoxy) is 5. The van der Waals surface area contributed by atoms with Gasteiger partial charge in [0.15, 0.2) is 0 Å². The lowest BCUT2D eigenvalue weighted by Gasteiger charge is -2.39. The third kappa shape index (κ3) is 5.41. The van der Waals surface area contributed by atoms with Crippen molar-refractivity contribution < 1.29 is 33.3 Å². The molecule has 2 aliphatic rings. The van der Waals surface area contributed by atoms with Crippen LogP contribution >= 0.6 is 11.8 Å². The van der Waals surface area contributed by atoms with Crippen LogP contribution in [0.5, 0.6) is 17.2 Å². The van der Waals surface area contributed by atoms with Gasteiger partial charge >= 0.3 is 12.1 Å². The number of hydrogen-bond donors (Lipinski definition) is 1. The van der Waals surface area contributed by atoms with Crippen molar-refractivity contribution in [3.05, 3.63) is 59.0 Å². The second-order valence-electron chi connectivity index (χ2n) is 9.96. The van der Waals surface area contributed by atoms with E-state index in [4.69, 9.17) is 29.4 Å². The molecule has 0 saturated carbocycles. The predicted molar refractivity (Wildman–Crippen MR) is 151 cm³/mol. The van der Waals surface area contributed by atoms with Crippen LogP contribution in [-0.2, 0) is 40.6 Å². The Morgan fingerprint density at radius 3 is 2.54 bits per heavy atom. The summed E-state index contributed by atoms with van der Waals surface area (Å²) in [4.78, 5) is 32.4. The van der Waals surface area contributed by atoms with Crippen LogP contribution in [0.1, 0.15) is 28.4 Å². The predicted octanol–water partition coefficient (Wildman–Crippen LogP) is 3.30. The quantitative estimate of drug-likeness (QED) is 0.356. The number of nitrogens with two attached hydrogens (primary N) is 1. The summed E-state index contributed by atoms with van der Waals surface area (Å²) >= 11 is 1.45. The van der Waals surface area contributed by atoms with Crippen LogP contribution in [0.2, 0.25) is 0 Å². The van der Waals surface area contributed by atoms with Crippen LogP contribution in [0.25, 0.3) is 0 Å². The van der Waals surface area contributed by atoms with Crippen LogP contribution in [0.3, 0.4) is 0 Å². The van der Waals surface area contributed by atoms with E-state index in [1.54, 1.807) is 27.7 Å². The molecule has 12 heteroatoms. The number of carbonyl (C=O) groups is 2. The molecule has 0 aliphatic carbocycles. The van der Waals surface area contributed by atoms with Gasteiger partial charge in [-0.05, 0) is 36.1 Å². The smallest absolute Gasteiger partial charge is 0.410 e. The Balaban J connectivity index is 1.61. The Morgan fingerprint density at radius 2 is 1.88 bits per heavy atom. The highest BCUT2D eigenvalue weighted by atomic mass is 32.2. The third-order valence-corrected chi connectivity index (χ3v) is 8.81. The van der Waals surface area contributed by atoms with Gasteiger partial charge in [0.2, 0.25) is 0 Å². The molecule has 1 fully saturated rings. The van der Waals surface area contributed by atoms with E-state index >= 15 is 0 Å². The highest BCUT2D eigenvalue weighted by Gasteiger charge is 2.46. The van der Waals surface area contributed by atoms with Gasteiger partial charge in [-0.1, -0.05) is 23.9 Å². The molecule has 41 heavy (non-hydrogen) atoms. The number of aromatic nitrogens is 2. The molecule has 5 rings (SSSR count). The second kappa shape index (κ2) is 11.9. The van der Waals surface area contributed by atoms with Gasteiger partial charge in [0.05, 0.1) is 57.4 Å². The summed E-state index contributed by atoms with van der Waals surface area (Å²) in [7, 11) is 8.04. The average molecular weight is 583 g/mol. The molecule has 1 saturated heterocycles. The first-order valence-electron chi connectivity index (χ1n) is 13.2. The number of cyclic esters (lactones) is 1. The minimum absolute atomic E-state index is 0.148. The maximum absolute atomic E-state index is 13.0. The van der Waals surface area contributed by atoms with Crippen LogP contribution < -0.4 is 19.9 Å². The number of methoxy groups -OCH3 is 4. The molecular weight excluding hydrogens is 548 g/mol. The number of fused-ring (bicyclic) bond motifs is 2. The van der Waals surface area contributed by atoms with Crippen LogP contribution in [-0.4, -0.2) is 73.6 Å². The van der Waals surface area contributed by atoms with E-state index in [1.165, 1.54) is 18.9 Å². The molecule has 2 aliphatic heterocycles. The van der Waals surface area contributed by atoms with Crippen molar-refractivity contribution >= 4 is 23.8 Å². The fourth-order valence-corrected chi connectivity index (χ4v) is 6.74. The number of imidazole rings is 1. The van der Waals surface area contributed by atoms with Gasteiger partial charge < -0.3 is 34.0 Å². The summed E-state index contributed by atoms with van der Waals surface area (Å²) in [5.74, 6) is 1.53. The number of nitrogens with zero attached hydrogens (tertiary/aromatic N) is 3. The number of amides is 1. The summed E-state index contributed by atoms with van der Waals surface area (Å²) < 4.78 is 29.3. The maximum Gasteiger partial charge on any atom is 0.410 e. The molecule has 218 valence electrons. The summed E-state index contributed by atoms with van der Waals surface area (Å²) in [5.41, 5.74) is 9.87. The van der Waals surface area contributed by atoms with E-state index in [2.05, 4.69) is 4.98 Å². The zero-order valence-electron chi connectivity index (χ0n) is 23.7. The largest absolute Gasteiger partial charge is 0.497 e. The van der Waals surface area contributed by atoms with Gasteiger partial charge in [-0.25, -0.2) is 9.78 Å². The average Bonchev–Trinajstić information content (AvgIpc) is 3.54. The van der Waals surface area contributed by atoms with Gasteiger partial charge in [0.25, 0.3) is 0 Å².